The molecule has 0 aliphatic heterocycles. The van der Waals surface area contributed by atoms with Gasteiger partial charge in [0.25, 0.3) is 0 Å². The Morgan fingerprint density at radius 1 is 1.28 bits per heavy atom. The molecule has 0 saturated carbocycles. The highest BCUT2D eigenvalue weighted by Gasteiger charge is 2.07. The largest absolute Gasteiger partial charge is 0.395 e. The van der Waals surface area contributed by atoms with Crippen LogP contribution in [0.3, 0.4) is 0 Å². The van der Waals surface area contributed by atoms with Crippen molar-refractivity contribution in [1.82, 2.24) is 5.32 Å². The van der Waals surface area contributed by atoms with E-state index in [4.69, 9.17) is 5.11 Å². The van der Waals surface area contributed by atoms with E-state index in [-0.39, 0.29) is 6.61 Å². The van der Waals surface area contributed by atoms with Crippen LogP contribution < -0.4 is 10.2 Å². The molecule has 0 amide bonds. The van der Waals surface area contributed by atoms with Gasteiger partial charge in [-0.15, -0.1) is 0 Å². The lowest BCUT2D eigenvalue weighted by Crippen LogP contribution is -2.27. The Labute approximate surface area is 118 Å². The second-order valence-electron chi connectivity index (χ2n) is 4.27. The van der Waals surface area contributed by atoms with Crippen molar-refractivity contribution < 1.29 is 5.11 Å². The van der Waals surface area contributed by atoms with Crippen LogP contribution in [-0.4, -0.2) is 31.3 Å². The van der Waals surface area contributed by atoms with Crippen LogP contribution in [0.1, 0.15) is 25.8 Å². The van der Waals surface area contributed by atoms with E-state index in [1.807, 2.05) is 0 Å². The minimum atomic E-state index is 0.191. The maximum atomic E-state index is 9.10. The van der Waals surface area contributed by atoms with Crippen molar-refractivity contribution in [3.05, 3.63) is 28.2 Å². The van der Waals surface area contributed by atoms with E-state index in [2.05, 4.69) is 58.2 Å². The summed E-state index contributed by atoms with van der Waals surface area (Å²) in [6.07, 6.45) is 1.08. The second-order valence-corrected chi connectivity index (χ2v) is 5.12. The van der Waals surface area contributed by atoms with Gasteiger partial charge in [0.1, 0.15) is 0 Å². The molecule has 18 heavy (non-hydrogen) atoms. The molecule has 0 heterocycles. The van der Waals surface area contributed by atoms with Crippen molar-refractivity contribution in [3.63, 3.8) is 0 Å². The molecule has 3 nitrogen and oxygen atoms in total. The minimum absolute atomic E-state index is 0.191. The predicted octanol–water partition coefficient (Wildman–Crippen LogP) is 2.77. The topological polar surface area (TPSA) is 35.5 Å². The molecule has 4 heteroatoms. The highest BCUT2D eigenvalue weighted by Crippen LogP contribution is 2.24. The van der Waals surface area contributed by atoms with E-state index in [0.29, 0.717) is 6.54 Å². The molecule has 0 bridgehead atoms. The summed E-state index contributed by atoms with van der Waals surface area (Å²) >= 11 is 3.62. The summed E-state index contributed by atoms with van der Waals surface area (Å²) in [4.78, 5) is 2.21. The average Bonchev–Trinajstić information content (AvgIpc) is 2.37. The Morgan fingerprint density at radius 3 is 2.61 bits per heavy atom. The zero-order valence-corrected chi connectivity index (χ0v) is 12.8. The number of rotatable bonds is 8. The number of anilines is 1. The number of nitrogens with zero attached hydrogens (tertiary/aromatic N) is 1. The summed E-state index contributed by atoms with van der Waals surface area (Å²) in [5.41, 5.74) is 2.43. The Morgan fingerprint density at radius 2 is 2.06 bits per heavy atom. The van der Waals surface area contributed by atoms with Gasteiger partial charge in [-0.25, -0.2) is 0 Å². The number of hydrogen-bond donors (Lipinski definition) is 2. The third-order valence-corrected chi connectivity index (χ3v) is 3.57. The monoisotopic (exact) mass is 314 g/mol. The second kappa shape index (κ2) is 8.51. The summed E-state index contributed by atoms with van der Waals surface area (Å²) in [5, 5.41) is 12.4. The van der Waals surface area contributed by atoms with Crippen molar-refractivity contribution >= 4 is 21.6 Å². The van der Waals surface area contributed by atoms with Crippen molar-refractivity contribution in [2.75, 3.05) is 31.1 Å². The SMILES string of the molecule is CCCN(CCO)c1ccc(CNCC)c(Br)c1. The molecule has 0 fully saturated rings. The molecular formula is C14H23BrN2O. The van der Waals surface area contributed by atoms with Gasteiger partial charge < -0.3 is 15.3 Å². The first kappa shape index (κ1) is 15.5. The van der Waals surface area contributed by atoms with Crippen LogP contribution in [0.4, 0.5) is 5.69 Å². The van der Waals surface area contributed by atoms with E-state index in [1.165, 1.54) is 5.56 Å². The summed E-state index contributed by atoms with van der Waals surface area (Å²) < 4.78 is 1.12. The van der Waals surface area contributed by atoms with Crippen molar-refractivity contribution in [3.8, 4) is 0 Å². The minimum Gasteiger partial charge on any atom is -0.395 e. The lowest BCUT2D eigenvalue weighted by molar-refractivity contribution is 0.302. The Bertz CT molecular complexity index is 352. The molecule has 102 valence electrons. The Kier molecular flexibility index (Phi) is 7.32. The molecule has 0 aromatic heterocycles. The fraction of sp³-hybridized carbons (Fsp3) is 0.571. The zero-order chi connectivity index (χ0) is 13.4. The standard InChI is InChI=1S/C14H23BrN2O/c1-3-7-17(8-9-18)13-6-5-12(11-16-4-2)14(15)10-13/h5-6,10,16,18H,3-4,7-9,11H2,1-2H3. The van der Waals surface area contributed by atoms with E-state index in [9.17, 15) is 0 Å². The number of aliphatic hydroxyl groups is 1. The molecule has 0 radical (unpaired) electrons. The number of hydrogen-bond acceptors (Lipinski definition) is 3. The molecule has 0 aliphatic rings. The van der Waals surface area contributed by atoms with Crippen LogP contribution in [0.5, 0.6) is 0 Å². The number of aliphatic hydroxyl groups excluding tert-OH is 1. The molecule has 0 atom stereocenters. The van der Waals surface area contributed by atoms with Crippen LogP contribution in [0, 0.1) is 0 Å². The Balaban J connectivity index is 2.79. The molecule has 1 aromatic carbocycles. The lowest BCUT2D eigenvalue weighted by atomic mass is 10.2. The normalized spacial score (nSPS) is 10.7. The predicted molar refractivity (Wildman–Crippen MR) is 81.1 cm³/mol. The number of halogens is 1. The molecule has 0 unspecified atom stereocenters. The van der Waals surface area contributed by atoms with Crippen LogP contribution in [0.25, 0.3) is 0 Å². The first-order chi connectivity index (χ1) is 8.72. The van der Waals surface area contributed by atoms with Crippen molar-refractivity contribution in [1.29, 1.82) is 0 Å². The summed E-state index contributed by atoms with van der Waals surface area (Å²) in [6, 6.07) is 6.41. The molecule has 0 spiro atoms. The molecular weight excluding hydrogens is 292 g/mol. The Hall–Kier alpha value is -0.580. The highest BCUT2D eigenvalue weighted by molar-refractivity contribution is 9.10. The van der Waals surface area contributed by atoms with E-state index < -0.39 is 0 Å². The van der Waals surface area contributed by atoms with Gasteiger partial charge in [0.2, 0.25) is 0 Å². The van der Waals surface area contributed by atoms with Crippen LogP contribution >= 0.6 is 15.9 Å². The van der Waals surface area contributed by atoms with Crippen LogP contribution in [-0.2, 0) is 6.54 Å². The molecule has 0 saturated heterocycles. The fourth-order valence-electron chi connectivity index (χ4n) is 1.90. The first-order valence-electron chi connectivity index (χ1n) is 6.57. The third kappa shape index (κ3) is 4.59. The maximum absolute atomic E-state index is 9.10. The van der Waals surface area contributed by atoms with E-state index >= 15 is 0 Å². The van der Waals surface area contributed by atoms with Gasteiger partial charge in [-0.05, 0) is 30.7 Å². The lowest BCUT2D eigenvalue weighted by Gasteiger charge is -2.24. The summed E-state index contributed by atoms with van der Waals surface area (Å²) in [5.74, 6) is 0. The van der Waals surface area contributed by atoms with Gasteiger partial charge in [0, 0.05) is 29.8 Å². The van der Waals surface area contributed by atoms with E-state index in [1.54, 1.807) is 0 Å². The summed E-state index contributed by atoms with van der Waals surface area (Å²) in [7, 11) is 0. The van der Waals surface area contributed by atoms with Gasteiger partial charge in [-0.1, -0.05) is 35.8 Å². The van der Waals surface area contributed by atoms with Crippen LogP contribution in [0.2, 0.25) is 0 Å². The van der Waals surface area contributed by atoms with Gasteiger partial charge in [-0.2, -0.15) is 0 Å². The van der Waals surface area contributed by atoms with Crippen molar-refractivity contribution in [2.24, 2.45) is 0 Å². The maximum Gasteiger partial charge on any atom is 0.0606 e. The van der Waals surface area contributed by atoms with E-state index in [0.717, 1.165) is 36.2 Å². The van der Waals surface area contributed by atoms with Gasteiger partial charge >= 0.3 is 0 Å². The molecule has 1 rings (SSSR count). The first-order valence-corrected chi connectivity index (χ1v) is 7.37. The summed E-state index contributed by atoms with van der Waals surface area (Å²) in [6.45, 7) is 7.96. The van der Waals surface area contributed by atoms with Crippen LogP contribution in [0.15, 0.2) is 22.7 Å². The number of benzene rings is 1. The fourth-order valence-corrected chi connectivity index (χ4v) is 2.40. The van der Waals surface area contributed by atoms with Gasteiger partial charge in [0.15, 0.2) is 0 Å². The molecule has 1 aromatic rings. The molecule has 2 N–H and O–H groups in total. The highest BCUT2D eigenvalue weighted by atomic mass is 79.9. The molecule has 0 aliphatic carbocycles. The van der Waals surface area contributed by atoms with Gasteiger partial charge in [0.05, 0.1) is 6.61 Å². The van der Waals surface area contributed by atoms with Crippen molar-refractivity contribution in [2.45, 2.75) is 26.8 Å². The average molecular weight is 315 g/mol. The quantitative estimate of drug-likeness (QED) is 0.774. The van der Waals surface area contributed by atoms with Gasteiger partial charge in [-0.3, -0.25) is 0 Å². The third-order valence-electron chi connectivity index (χ3n) is 2.83. The number of nitrogens with one attached hydrogen (secondary N) is 1. The zero-order valence-electron chi connectivity index (χ0n) is 11.2. The smallest absolute Gasteiger partial charge is 0.0606 e.